The molecule has 0 aromatic heterocycles. The van der Waals surface area contributed by atoms with Crippen LogP contribution in [0.15, 0.2) is 72.8 Å². The van der Waals surface area contributed by atoms with Gasteiger partial charge in [0.15, 0.2) is 5.78 Å². The smallest absolute Gasteiger partial charge is 0.337 e. The number of benzene rings is 3. The number of ketones is 1. The highest BCUT2D eigenvalue weighted by atomic mass is 16.6. The van der Waals surface area contributed by atoms with E-state index in [4.69, 9.17) is 18.9 Å². The topological polar surface area (TPSA) is 105 Å². The molecule has 0 N–H and O–H groups in total. The van der Waals surface area contributed by atoms with E-state index in [1.54, 1.807) is 62.4 Å². The Kier molecular flexibility index (Phi) is 7.95. The van der Waals surface area contributed by atoms with Crippen LogP contribution >= 0.6 is 0 Å². The van der Waals surface area contributed by atoms with Crippen LogP contribution in [-0.2, 0) is 29.2 Å². The minimum atomic E-state index is -2.05. The third-order valence-electron chi connectivity index (χ3n) is 6.56. The maximum absolute atomic E-state index is 14.2. The van der Waals surface area contributed by atoms with Crippen LogP contribution in [0.5, 0.6) is 5.75 Å². The van der Waals surface area contributed by atoms with Crippen molar-refractivity contribution in [2.75, 3.05) is 27.4 Å². The molecule has 3 aromatic rings. The monoisotopic (exact) mass is 528 g/mol. The van der Waals surface area contributed by atoms with Crippen LogP contribution in [0, 0.1) is 0 Å². The van der Waals surface area contributed by atoms with Crippen molar-refractivity contribution in [2.45, 2.75) is 19.3 Å². The molecule has 0 fully saturated rings. The highest BCUT2D eigenvalue weighted by Gasteiger charge is 2.60. The van der Waals surface area contributed by atoms with Crippen molar-refractivity contribution >= 4 is 34.8 Å². The van der Waals surface area contributed by atoms with Gasteiger partial charge < -0.3 is 18.9 Å². The number of hydrogen-bond acceptors (Lipinski definition) is 8. The highest BCUT2D eigenvalue weighted by Crippen LogP contribution is 2.53. The second-order valence-electron chi connectivity index (χ2n) is 8.61. The standard InChI is InChI=1S/C31H28O8/c1-5-38-29(34)31(30(35)39-6-2)24-10-8-7-9-23(24)25(26(31)19-15-17-22(36-3)18-16-19)27(32)20-11-13-21(14-12-20)28(33)37-4/h7-18H,5-6H2,1-4H3. The van der Waals surface area contributed by atoms with Gasteiger partial charge in [0.1, 0.15) is 5.75 Å². The molecule has 0 saturated heterocycles. The Morgan fingerprint density at radius 1 is 0.718 bits per heavy atom. The third-order valence-corrected chi connectivity index (χ3v) is 6.56. The number of esters is 3. The van der Waals surface area contributed by atoms with Gasteiger partial charge in [0.05, 0.1) is 33.0 Å². The summed E-state index contributed by atoms with van der Waals surface area (Å²) in [7, 11) is 2.79. The summed E-state index contributed by atoms with van der Waals surface area (Å²) in [5.74, 6) is -2.11. The van der Waals surface area contributed by atoms with Crippen molar-refractivity contribution in [3.05, 3.63) is 101 Å². The predicted octanol–water partition coefficient (Wildman–Crippen LogP) is 4.65. The lowest BCUT2D eigenvalue weighted by Gasteiger charge is -2.29. The van der Waals surface area contributed by atoms with Gasteiger partial charge in [0.25, 0.3) is 0 Å². The first kappa shape index (κ1) is 27.3. The number of rotatable bonds is 9. The van der Waals surface area contributed by atoms with E-state index in [1.165, 1.54) is 38.5 Å². The number of methoxy groups -OCH3 is 2. The van der Waals surface area contributed by atoms with Gasteiger partial charge in [0, 0.05) is 16.7 Å². The van der Waals surface area contributed by atoms with Crippen molar-refractivity contribution in [3.8, 4) is 5.75 Å². The second-order valence-corrected chi connectivity index (χ2v) is 8.61. The van der Waals surface area contributed by atoms with Gasteiger partial charge >= 0.3 is 17.9 Å². The fourth-order valence-electron chi connectivity index (χ4n) is 4.85. The molecule has 200 valence electrons. The van der Waals surface area contributed by atoms with Crippen molar-refractivity contribution in [3.63, 3.8) is 0 Å². The summed E-state index contributed by atoms with van der Waals surface area (Å²) in [5, 5.41) is 0. The second kappa shape index (κ2) is 11.3. The molecule has 4 rings (SSSR count). The van der Waals surface area contributed by atoms with Crippen LogP contribution in [-0.4, -0.2) is 51.1 Å². The summed E-state index contributed by atoms with van der Waals surface area (Å²) in [6.45, 7) is 3.30. The number of carbonyl (C=O) groups excluding carboxylic acids is 4. The maximum Gasteiger partial charge on any atom is 0.337 e. The Morgan fingerprint density at radius 2 is 1.28 bits per heavy atom. The molecule has 1 aliphatic rings. The summed E-state index contributed by atoms with van der Waals surface area (Å²) in [6.07, 6.45) is 0. The quantitative estimate of drug-likeness (QED) is 0.171. The van der Waals surface area contributed by atoms with Crippen LogP contribution in [0.1, 0.15) is 51.3 Å². The van der Waals surface area contributed by atoms with E-state index in [9.17, 15) is 19.2 Å². The number of ether oxygens (including phenoxy) is 4. The molecule has 1 aliphatic carbocycles. The van der Waals surface area contributed by atoms with Crippen molar-refractivity contribution in [1.82, 2.24) is 0 Å². The van der Waals surface area contributed by atoms with E-state index in [0.29, 0.717) is 22.4 Å². The molecular weight excluding hydrogens is 500 g/mol. The molecule has 0 bridgehead atoms. The van der Waals surface area contributed by atoms with Crippen LogP contribution in [0.2, 0.25) is 0 Å². The zero-order valence-electron chi connectivity index (χ0n) is 22.1. The Morgan fingerprint density at radius 3 is 1.82 bits per heavy atom. The minimum absolute atomic E-state index is 0.0102. The van der Waals surface area contributed by atoms with E-state index < -0.39 is 29.1 Å². The van der Waals surface area contributed by atoms with Gasteiger partial charge in [-0.05, 0) is 54.8 Å². The molecule has 8 nitrogen and oxygen atoms in total. The number of allylic oxidation sites excluding steroid dienone is 1. The summed E-state index contributed by atoms with van der Waals surface area (Å²) in [5.41, 5.74) is -0.0577. The van der Waals surface area contributed by atoms with Gasteiger partial charge in [-0.15, -0.1) is 0 Å². The van der Waals surface area contributed by atoms with Crippen molar-refractivity contribution in [1.29, 1.82) is 0 Å². The first-order valence-corrected chi connectivity index (χ1v) is 12.4. The van der Waals surface area contributed by atoms with Gasteiger partial charge in [0.2, 0.25) is 5.41 Å². The highest BCUT2D eigenvalue weighted by molar-refractivity contribution is 6.42. The Labute approximate surface area is 226 Å². The van der Waals surface area contributed by atoms with Gasteiger partial charge in [-0.3, -0.25) is 14.4 Å². The predicted molar refractivity (Wildman–Crippen MR) is 143 cm³/mol. The van der Waals surface area contributed by atoms with Crippen molar-refractivity contribution < 1.29 is 38.1 Å². The maximum atomic E-state index is 14.2. The Bertz CT molecular complexity index is 1430. The van der Waals surface area contributed by atoms with Crippen LogP contribution in [0.3, 0.4) is 0 Å². The fourth-order valence-corrected chi connectivity index (χ4v) is 4.85. The summed E-state index contributed by atoms with van der Waals surface area (Å²) < 4.78 is 21.0. The molecule has 3 aromatic carbocycles. The van der Waals surface area contributed by atoms with Gasteiger partial charge in [-0.25, -0.2) is 4.79 Å². The zero-order valence-corrected chi connectivity index (χ0v) is 22.1. The van der Waals surface area contributed by atoms with E-state index in [-0.39, 0.29) is 35.5 Å². The molecule has 0 amide bonds. The zero-order chi connectivity index (χ0) is 28.2. The molecule has 0 saturated carbocycles. The molecule has 0 radical (unpaired) electrons. The number of hydrogen-bond donors (Lipinski definition) is 0. The lowest BCUT2D eigenvalue weighted by atomic mass is 9.74. The summed E-state index contributed by atoms with van der Waals surface area (Å²) in [6, 6.07) is 19.4. The van der Waals surface area contributed by atoms with E-state index >= 15 is 0 Å². The van der Waals surface area contributed by atoms with E-state index in [2.05, 4.69) is 0 Å². The average Bonchev–Trinajstić information content (AvgIpc) is 3.29. The number of Topliss-reactive ketones (excluding diaryl/α,β-unsaturated/α-hetero) is 1. The largest absolute Gasteiger partial charge is 0.497 e. The number of fused-ring (bicyclic) bond motifs is 1. The molecular formula is C31H28O8. The van der Waals surface area contributed by atoms with E-state index in [0.717, 1.165) is 0 Å². The molecule has 0 unspecified atom stereocenters. The third kappa shape index (κ3) is 4.58. The molecule has 0 aliphatic heterocycles. The normalized spacial score (nSPS) is 13.3. The molecule has 39 heavy (non-hydrogen) atoms. The van der Waals surface area contributed by atoms with Crippen LogP contribution in [0.4, 0.5) is 0 Å². The molecule has 8 heteroatoms. The summed E-state index contributed by atoms with van der Waals surface area (Å²) >= 11 is 0. The lowest BCUT2D eigenvalue weighted by molar-refractivity contribution is -0.161. The molecule has 0 spiro atoms. The SMILES string of the molecule is CCOC(=O)C1(C(=O)OCC)C(c2ccc(OC)cc2)=C(C(=O)c2ccc(C(=O)OC)cc2)c2ccccc21. The lowest BCUT2D eigenvalue weighted by Crippen LogP contribution is -2.46. The van der Waals surface area contributed by atoms with Crippen LogP contribution in [0.25, 0.3) is 11.1 Å². The Hall–Kier alpha value is -4.72. The minimum Gasteiger partial charge on any atom is -0.497 e. The Balaban J connectivity index is 2.07. The van der Waals surface area contributed by atoms with Gasteiger partial charge in [-0.2, -0.15) is 0 Å². The average molecular weight is 529 g/mol. The number of carbonyl (C=O) groups is 4. The van der Waals surface area contributed by atoms with Crippen molar-refractivity contribution in [2.24, 2.45) is 0 Å². The van der Waals surface area contributed by atoms with E-state index in [1.807, 2.05) is 0 Å². The van der Waals surface area contributed by atoms with Gasteiger partial charge in [-0.1, -0.05) is 48.5 Å². The summed E-state index contributed by atoms with van der Waals surface area (Å²) in [4.78, 5) is 53.9. The fraction of sp³-hybridized carbons (Fsp3) is 0.226. The molecule has 0 atom stereocenters. The first-order valence-electron chi connectivity index (χ1n) is 12.4. The molecule has 0 heterocycles. The van der Waals surface area contributed by atoms with Crippen LogP contribution < -0.4 is 4.74 Å². The first-order chi connectivity index (χ1) is 18.8.